The Hall–Kier alpha value is -2.27. The van der Waals surface area contributed by atoms with Crippen molar-refractivity contribution in [3.05, 3.63) is 60.2 Å². The number of hydrogen-bond donors (Lipinski definition) is 1. The van der Waals surface area contributed by atoms with Crippen LogP contribution in [-0.2, 0) is 9.59 Å². The van der Waals surface area contributed by atoms with Gasteiger partial charge >= 0.3 is 0 Å². The van der Waals surface area contributed by atoms with Gasteiger partial charge in [-0.2, -0.15) is 0 Å². The standard InChI is InChI=1S/C21H26N2O2S/c1-4-14-23(17(3)21(25)22-18-8-6-5-7-9-18)20(24)15-26-19-12-10-16(2)11-13-19/h5-13,17H,4,14-15H2,1-3H3,(H,22,25). The van der Waals surface area contributed by atoms with E-state index in [0.29, 0.717) is 12.3 Å². The molecule has 0 aliphatic carbocycles. The third-order valence-corrected chi connectivity index (χ3v) is 5.05. The van der Waals surface area contributed by atoms with Crippen molar-refractivity contribution in [1.82, 2.24) is 4.90 Å². The first-order valence-corrected chi connectivity index (χ1v) is 9.84. The summed E-state index contributed by atoms with van der Waals surface area (Å²) in [6.07, 6.45) is 0.809. The van der Waals surface area contributed by atoms with Gasteiger partial charge in [-0.1, -0.05) is 42.8 Å². The number of anilines is 1. The third kappa shape index (κ3) is 5.92. The lowest BCUT2D eigenvalue weighted by molar-refractivity contribution is -0.135. The van der Waals surface area contributed by atoms with Gasteiger partial charge in [0, 0.05) is 17.1 Å². The summed E-state index contributed by atoms with van der Waals surface area (Å²) in [5.41, 5.74) is 1.93. The second-order valence-electron chi connectivity index (χ2n) is 6.22. The van der Waals surface area contributed by atoms with E-state index < -0.39 is 6.04 Å². The Kier molecular flexibility index (Phi) is 7.73. The molecule has 4 nitrogen and oxygen atoms in total. The van der Waals surface area contributed by atoms with Crippen LogP contribution in [0.4, 0.5) is 5.69 Å². The number of aryl methyl sites for hydroxylation is 1. The molecule has 26 heavy (non-hydrogen) atoms. The number of nitrogens with zero attached hydrogens (tertiary/aromatic N) is 1. The van der Waals surface area contributed by atoms with Gasteiger partial charge in [0.25, 0.3) is 0 Å². The molecule has 0 aliphatic rings. The molecule has 2 aromatic rings. The Morgan fingerprint density at radius 2 is 1.73 bits per heavy atom. The van der Waals surface area contributed by atoms with Crippen LogP contribution in [0.3, 0.4) is 0 Å². The number of nitrogens with one attached hydrogen (secondary N) is 1. The molecule has 0 radical (unpaired) electrons. The predicted octanol–water partition coefficient (Wildman–Crippen LogP) is 4.35. The summed E-state index contributed by atoms with van der Waals surface area (Å²) in [4.78, 5) is 28.0. The van der Waals surface area contributed by atoms with Crippen LogP contribution in [0.1, 0.15) is 25.8 Å². The lowest BCUT2D eigenvalue weighted by atomic mass is 10.2. The monoisotopic (exact) mass is 370 g/mol. The number of carbonyl (C=O) groups excluding carboxylic acids is 2. The Balaban J connectivity index is 1.97. The Bertz CT molecular complexity index is 717. The van der Waals surface area contributed by atoms with Gasteiger partial charge in [-0.05, 0) is 44.5 Å². The maximum Gasteiger partial charge on any atom is 0.246 e. The van der Waals surface area contributed by atoms with Crippen molar-refractivity contribution in [2.45, 2.75) is 38.1 Å². The van der Waals surface area contributed by atoms with Crippen molar-refractivity contribution in [1.29, 1.82) is 0 Å². The van der Waals surface area contributed by atoms with Crippen molar-refractivity contribution < 1.29 is 9.59 Å². The lowest BCUT2D eigenvalue weighted by Crippen LogP contribution is -2.46. The van der Waals surface area contributed by atoms with Gasteiger partial charge < -0.3 is 10.2 Å². The second-order valence-corrected chi connectivity index (χ2v) is 7.27. The minimum absolute atomic E-state index is 0.0202. The van der Waals surface area contributed by atoms with Crippen molar-refractivity contribution >= 4 is 29.3 Å². The molecule has 1 unspecified atom stereocenters. The van der Waals surface area contributed by atoms with Crippen molar-refractivity contribution in [2.75, 3.05) is 17.6 Å². The first kappa shape index (κ1) is 20.0. The summed E-state index contributed by atoms with van der Waals surface area (Å²) in [5, 5.41) is 2.88. The summed E-state index contributed by atoms with van der Waals surface area (Å²) < 4.78 is 0. The number of thioether (sulfide) groups is 1. The van der Waals surface area contributed by atoms with Crippen molar-refractivity contribution in [2.24, 2.45) is 0 Å². The Labute approximate surface area is 160 Å². The van der Waals surface area contributed by atoms with Crippen LogP contribution in [0.15, 0.2) is 59.5 Å². The average Bonchev–Trinajstić information content (AvgIpc) is 2.65. The normalized spacial score (nSPS) is 11.7. The Morgan fingerprint density at radius 3 is 2.35 bits per heavy atom. The minimum Gasteiger partial charge on any atom is -0.330 e. The van der Waals surface area contributed by atoms with Crippen molar-refractivity contribution in [3.8, 4) is 0 Å². The van der Waals surface area contributed by atoms with E-state index in [9.17, 15) is 9.59 Å². The number of benzene rings is 2. The van der Waals surface area contributed by atoms with Gasteiger partial charge in [0.05, 0.1) is 5.75 Å². The van der Waals surface area contributed by atoms with Crippen LogP contribution in [0.2, 0.25) is 0 Å². The topological polar surface area (TPSA) is 49.4 Å². The molecule has 0 aliphatic heterocycles. The molecule has 1 atom stereocenters. The number of hydrogen-bond acceptors (Lipinski definition) is 3. The molecule has 138 valence electrons. The molecule has 0 bridgehead atoms. The quantitative estimate of drug-likeness (QED) is 0.703. The molecule has 0 fully saturated rings. The van der Waals surface area contributed by atoms with E-state index in [1.165, 1.54) is 17.3 Å². The van der Waals surface area contributed by atoms with Crippen molar-refractivity contribution in [3.63, 3.8) is 0 Å². The van der Waals surface area contributed by atoms with Crippen LogP contribution in [0.25, 0.3) is 0 Å². The first-order chi connectivity index (χ1) is 12.5. The van der Waals surface area contributed by atoms with Gasteiger partial charge in [0.15, 0.2) is 0 Å². The lowest BCUT2D eigenvalue weighted by Gasteiger charge is -2.28. The fourth-order valence-electron chi connectivity index (χ4n) is 2.55. The highest BCUT2D eigenvalue weighted by Crippen LogP contribution is 2.19. The molecular weight excluding hydrogens is 344 g/mol. The largest absolute Gasteiger partial charge is 0.330 e. The molecule has 0 saturated carbocycles. The molecule has 0 spiro atoms. The number of para-hydroxylation sites is 1. The Morgan fingerprint density at radius 1 is 1.08 bits per heavy atom. The molecular formula is C21H26N2O2S. The maximum atomic E-state index is 12.7. The zero-order valence-corrected chi connectivity index (χ0v) is 16.4. The van der Waals surface area contributed by atoms with E-state index in [4.69, 9.17) is 0 Å². The molecule has 0 aromatic heterocycles. The second kappa shape index (κ2) is 10.0. The van der Waals surface area contributed by atoms with Crippen LogP contribution in [0.5, 0.6) is 0 Å². The highest BCUT2D eigenvalue weighted by molar-refractivity contribution is 8.00. The summed E-state index contributed by atoms with van der Waals surface area (Å²) in [6, 6.07) is 16.9. The molecule has 2 aromatic carbocycles. The van der Waals surface area contributed by atoms with E-state index >= 15 is 0 Å². The zero-order chi connectivity index (χ0) is 18.9. The summed E-state index contributed by atoms with van der Waals surface area (Å²) >= 11 is 1.50. The van der Waals surface area contributed by atoms with E-state index in [0.717, 1.165) is 17.0 Å². The SMILES string of the molecule is CCCN(C(=O)CSc1ccc(C)cc1)C(C)C(=O)Nc1ccccc1. The van der Waals surface area contributed by atoms with E-state index in [1.54, 1.807) is 11.8 Å². The van der Waals surface area contributed by atoms with Gasteiger partial charge in [-0.25, -0.2) is 0 Å². The summed E-state index contributed by atoms with van der Waals surface area (Å²) in [6.45, 7) is 6.39. The molecule has 0 heterocycles. The van der Waals surface area contributed by atoms with Gasteiger partial charge in [-0.3, -0.25) is 9.59 Å². The maximum absolute atomic E-state index is 12.7. The molecule has 2 amide bonds. The number of carbonyl (C=O) groups is 2. The highest BCUT2D eigenvalue weighted by atomic mass is 32.2. The van der Waals surface area contributed by atoms with Gasteiger partial charge in [0.2, 0.25) is 11.8 Å². The average molecular weight is 371 g/mol. The van der Waals surface area contributed by atoms with Crippen LogP contribution < -0.4 is 5.32 Å². The molecule has 1 N–H and O–H groups in total. The summed E-state index contributed by atoms with van der Waals surface area (Å²) in [5.74, 6) is 0.137. The molecule has 2 rings (SSSR count). The smallest absolute Gasteiger partial charge is 0.246 e. The number of rotatable bonds is 8. The van der Waals surface area contributed by atoms with Crippen LogP contribution >= 0.6 is 11.8 Å². The number of amides is 2. The summed E-state index contributed by atoms with van der Waals surface area (Å²) in [7, 11) is 0. The van der Waals surface area contributed by atoms with Crippen LogP contribution in [0, 0.1) is 6.92 Å². The predicted molar refractivity (Wildman–Crippen MR) is 108 cm³/mol. The molecule has 0 saturated heterocycles. The van der Waals surface area contributed by atoms with E-state index in [-0.39, 0.29) is 11.8 Å². The van der Waals surface area contributed by atoms with Crippen LogP contribution in [-0.4, -0.2) is 35.1 Å². The minimum atomic E-state index is -0.513. The van der Waals surface area contributed by atoms with E-state index in [2.05, 4.69) is 5.32 Å². The first-order valence-electron chi connectivity index (χ1n) is 8.86. The molecule has 5 heteroatoms. The third-order valence-electron chi connectivity index (χ3n) is 4.06. The van der Waals surface area contributed by atoms with Gasteiger partial charge in [-0.15, -0.1) is 11.8 Å². The fraction of sp³-hybridized carbons (Fsp3) is 0.333. The fourth-order valence-corrected chi connectivity index (χ4v) is 3.33. The zero-order valence-electron chi connectivity index (χ0n) is 15.6. The van der Waals surface area contributed by atoms with Gasteiger partial charge in [0.1, 0.15) is 6.04 Å². The highest BCUT2D eigenvalue weighted by Gasteiger charge is 2.25. The van der Waals surface area contributed by atoms with E-state index in [1.807, 2.05) is 68.4 Å².